The summed E-state index contributed by atoms with van der Waals surface area (Å²) in [5, 5.41) is 10.2. The van der Waals surface area contributed by atoms with E-state index in [0.717, 1.165) is 25.2 Å². The molecule has 0 aliphatic heterocycles. The van der Waals surface area contributed by atoms with Gasteiger partial charge in [-0.15, -0.1) is 0 Å². The molecule has 0 saturated heterocycles. The molecule has 2 unspecified atom stereocenters. The molecule has 1 aromatic heterocycles. The second-order valence-electron chi connectivity index (χ2n) is 6.59. The van der Waals surface area contributed by atoms with Crippen LogP contribution in [0.3, 0.4) is 0 Å². The third-order valence-electron chi connectivity index (χ3n) is 3.20. The van der Waals surface area contributed by atoms with Gasteiger partial charge in [0.05, 0.1) is 6.10 Å². The van der Waals surface area contributed by atoms with E-state index in [2.05, 4.69) is 44.2 Å². The van der Waals surface area contributed by atoms with Crippen LogP contribution in [0.4, 0.5) is 0 Å². The van der Waals surface area contributed by atoms with Crippen molar-refractivity contribution in [2.75, 3.05) is 0 Å². The molecule has 0 bridgehead atoms. The summed E-state index contributed by atoms with van der Waals surface area (Å²) in [7, 11) is 0. The number of aromatic nitrogens is 2. The maximum absolute atomic E-state index is 10.2. The highest BCUT2D eigenvalue weighted by Crippen LogP contribution is 2.27. The highest BCUT2D eigenvalue weighted by atomic mass is 16.3. The zero-order chi connectivity index (χ0) is 13.8. The maximum Gasteiger partial charge on any atom is 0.111 e. The molecule has 18 heavy (non-hydrogen) atoms. The summed E-state index contributed by atoms with van der Waals surface area (Å²) in [5.41, 5.74) is 0.334. The molecule has 0 amide bonds. The molecular weight excluding hydrogens is 224 g/mol. The van der Waals surface area contributed by atoms with E-state index in [4.69, 9.17) is 0 Å². The molecule has 1 N–H and O–H groups in total. The standard InChI is InChI=1S/C15H28N2O/c1-6-17-8-7-16-14(17)10-13(18)9-12(2)11-15(3,4)5/h7-8,12-13,18H,6,9-11H2,1-5H3. The molecule has 0 aliphatic carbocycles. The number of nitrogens with zero attached hydrogens (tertiary/aromatic N) is 2. The Balaban J connectivity index is 2.44. The van der Waals surface area contributed by atoms with Gasteiger partial charge in [-0.2, -0.15) is 0 Å². The number of hydrogen-bond donors (Lipinski definition) is 1. The summed E-state index contributed by atoms with van der Waals surface area (Å²) < 4.78 is 2.09. The number of rotatable bonds is 6. The summed E-state index contributed by atoms with van der Waals surface area (Å²) in [6.07, 6.45) is 6.16. The fourth-order valence-electron chi connectivity index (χ4n) is 2.71. The number of hydrogen-bond acceptors (Lipinski definition) is 2. The molecule has 3 nitrogen and oxygen atoms in total. The van der Waals surface area contributed by atoms with Crippen LogP contribution in [-0.4, -0.2) is 20.8 Å². The van der Waals surface area contributed by atoms with Gasteiger partial charge in [-0.05, 0) is 31.1 Å². The Bertz CT molecular complexity index is 352. The minimum Gasteiger partial charge on any atom is -0.393 e. The van der Waals surface area contributed by atoms with Crippen LogP contribution in [0.25, 0.3) is 0 Å². The Morgan fingerprint density at radius 1 is 1.39 bits per heavy atom. The van der Waals surface area contributed by atoms with Crippen LogP contribution >= 0.6 is 0 Å². The minimum atomic E-state index is -0.282. The lowest BCUT2D eigenvalue weighted by molar-refractivity contribution is 0.130. The molecule has 1 rings (SSSR count). The highest BCUT2D eigenvalue weighted by molar-refractivity contribution is 4.94. The quantitative estimate of drug-likeness (QED) is 0.844. The van der Waals surface area contributed by atoms with Crippen LogP contribution in [0, 0.1) is 11.3 Å². The predicted molar refractivity (Wildman–Crippen MR) is 75.5 cm³/mol. The van der Waals surface area contributed by atoms with Crippen molar-refractivity contribution in [3.63, 3.8) is 0 Å². The summed E-state index contributed by atoms with van der Waals surface area (Å²) >= 11 is 0. The molecule has 0 saturated carbocycles. The molecule has 0 aliphatic rings. The van der Waals surface area contributed by atoms with Crippen LogP contribution < -0.4 is 0 Å². The van der Waals surface area contributed by atoms with Gasteiger partial charge in [0.15, 0.2) is 0 Å². The first-order chi connectivity index (χ1) is 8.31. The molecule has 3 heteroatoms. The zero-order valence-electron chi connectivity index (χ0n) is 12.5. The van der Waals surface area contributed by atoms with E-state index in [1.165, 1.54) is 0 Å². The SMILES string of the molecule is CCn1ccnc1CC(O)CC(C)CC(C)(C)C. The predicted octanol–water partition coefficient (Wildman–Crippen LogP) is 3.27. The topological polar surface area (TPSA) is 38.0 Å². The van der Waals surface area contributed by atoms with Crippen LogP contribution in [0.5, 0.6) is 0 Å². The molecule has 0 aromatic carbocycles. The van der Waals surface area contributed by atoms with Crippen molar-refractivity contribution in [1.82, 2.24) is 9.55 Å². The summed E-state index contributed by atoms with van der Waals surface area (Å²) in [6.45, 7) is 12.0. The third-order valence-corrected chi connectivity index (χ3v) is 3.20. The van der Waals surface area contributed by atoms with E-state index in [0.29, 0.717) is 17.8 Å². The Morgan fingerprint density at radius 3 is 2.61 bits per heavy atom. The van der Waals surface area contributed by atoms with Gasteiger partial charge in [-0.1, -0.05) is 27.7 Å². The lowest BCUT2D eigenvalue weighted by Gasteiger charge is -2.24. The first-order valence-corrected chi connectivity index (χ1v) is 7.00. The Kier molecular flexibility index (Phi) is 5.39. The summed E-state index contributed by atoms with van der Waals surface area (Å²) in [4.78, 5) is 4.31. The average Bonchev–Trinajstić information content (AvgIpc) is 2.61. The van der Waals surface area contributed by atoms with Crippen molar-refractivity contribution in [3.8, 4) is 0 Å². The van der Waals surface area contributed by atoms with Crippen molar-refractivity contribution in [2.24, 2.45) is 11.3 Å². The van der Waals surface area contributed by atoms with Crippen molar-refractivity contribution < 1.29 is 5.11 Å². The van der Waals surface area contributed by atoms with E-state index in [1.807, 2.05) is 12.4 Å². The lowest BCUT2D eigenvalue weighted by Crippen LogP contribution is -2.20. The van der Waals surface area contributed by atoms with E-state index in [1.54, 1.807) is 0 Å². The lowest BCUT2D eigenvalue weighted by atomic mass is 9.83. The molecule has 0 radical (unpaired) electrons. The van der Waals surface area contributed by atoms with Crippen LogP contribution in [0.15, 0.2) is 12.4 Å². The van der Waals surface area contributed by atoms with Crippen molar-refractivity contribution >= 4 is 0 Å². The van der Waals surface area contributed by atoms with E-state index in [9.17, 15) is 5.11 Å². The second kappa shape index (κ2) is 6.37. The minimum absolute atomic E-state index is 0.282. The van der Waals surface area contributed by atoms with Crippen LogP contribution in [0.2, 0.25) is 0 Å². The number of aryl methyl sites for hydroxylation is 1. The largest absolute Gasteiger partial charge is 0.393 e. The van der Waals surface area contributed by atoms with Crippen molar-refractivity contribution in [1.29, 1.82) is 0 Å². The highest BCUT2D eigenvalue weighted by Gasteiger charge is 2.19. The van der Waals surface area contributed by atoms with Gasteiger partial charge in [-0.3, -0.25) is 0 Å². The Hall–Kier alpha value is -0.830. The number of aliphatic hydroxyl groups is 1. The van der Waals surface area contributed by atoms with Crippen LogP contribution in [-0.2, 0) is 13.0 Å². The van der Waals surface area contributed by atoms with Gasteiger partial charge in [0.1, 0.15) is 5.82 Å². The Labute approximate surface area is 111 Å². The summed E-state index contributed by atoms with van der Waals surface area (Å²) in [6, 6.07) is 0. The number of aliphatic hydroxyl groups excluding tert-OH is 1. The maximum atomic E-state index is 10.2. The van der Waals surface area contributed by atoms with E-state index in [-0.39, 0.29) is 6.10 Å². The van der Waals surface area contributed by atoms with Gasteiger partial charge in [-0.25, -0.2) is 4.98 Å². The third kappa shape index (κ3) is 5.21. The first kappa shape index (κ1) is 15.2. The average molecular weight is 252 g/mol. The van der Waals surface area contributed by atoms with Gasteiger partial charge >= 0.3 is 0 Å². The van der Waals surface area contributed by atoms with Gasteiger partial charge in [0.2, 0.25) is 0 Å². The molecular formula is C15H28N2O. The van der Waals surface area contributed by atoms with E-state index >= 15 is 0 Å². The van der Waals surface area contributed by atoms with Gasteiger partial charge in [0, 0.05) is 25.4 Å². The second-order valence-corrected chi connectivity index (χ2v) is 6.59. The van der Waals surface area contributed by atoms with Crippen LogP contribution in [0.1, 0.15) is 53.3 Å². The number of imidazole rings is 1. The molecule has 0 fully saturated rings. The fourth-order valence-corrected chi connectivity index (χ4v) is 2.71. The fraction of sp³-hybridized carbons (Fsp3) is 0.800. The molecule has 1 heterocycles. The molecule has 104 valence electrons. The molecule has 0 spiro atoms. The van der Waals surface area contributed by atoms with Gasteiger partial charge < -0.3 is 9.67 Å². The summed E-state index contributed by atoms with van der Waals surface area (Å²) in [5.74, 6) is 1.54. The smallest absolute Gasteiger partial charge is 0.111 e. The monoisotopic (exact) mass is 252 g/mol. The normalized spacial score (nSPS) is 15.7. The molecule has 1 aromatic rings. The Morgan fingerprint density at radius 2 is 2.06 bits per heavy atom. The van der Waals surface area contributed by atoms with E-state index < -0.39 is 0 Å². The zero-order valence-corrected chi connectivity index (χ0v) is 12.5. The molecule has 2 atom stereocenters. The van der Waals surface area contributed by atoms with Crippen molar-refractivity contribution in [3.05, 3.63) is 18.2 Å². The van der Waals surface area contributed by atoms with Crippen molar-refractivity contribution in [2.45, 2.75) is 66.5 Å². The van der Waals surface area contributed by atoms with Gasteiger partial charge in [0.25, 0.3) is 0 Å². The first-order valence-electron chi connectivity index (χ1n) is 7.00.